The third-order valence-corrected chi connectivity index (χ3v) is 4.23. The van der Waals surface area contributed by atoms with E-state index in [1.807, 2.05) is 29.7 Å². The second-order valence-electron chi connectivity index (χ2n) is 6.30. The lowest BCUT2D eigenvalue weighted by Crippen LogP contribution is -2.40. The first kappa shape index (κ1) is 21.3. The molecule has 1 amide bonds. The summed E-state index contributed by atoms with van der Waals surface area (Å²) in [5.41, 5.74) is 0.973. The summed E-state index contributed by atoms with van der Waals surface area (Å²) in [4.78, 5) is 22.7. The van der Waals surface area contributed by atoms with Gasteiger partial charge in [0.05, 0.1) is 0 Å². The van der Waals surface area contributed by atoms with E-state index in [0.29, 0.717) is 19.0 Å². The van der Waals surface area contributed by atoms with Gasteiger partial charge in [0.25, 0.3) is 0 Å². The quantitative estimate of drug-likeness (QED) is 0.455. The van der Waals surface area contributed by atoms with E-state index in [9.17, 15) is 4.79 Å². The molecular formula is C19H30N8O. The van der Waals surface area contributed by atoms with Gasteiger partial charge < -0.3 is 20.1 Å². The number of aromatic nitrogens is 4. The second-order valence-corrected chi connectivity index (χ2v) is 6.30. The molecule has 0 atom stereocenters. The Balaban J connectivity index is 1.78. The van der Waals surface area contributed by atoms with Crippen LogP contribution in [0.5, 0.6) is 0 Å². The second kappa shape index (κ2) is 11.7. The topological polar surface area (TPSA) is 100 Å². The standard InChI is InChI=1S/C19H30N8O/c1-4-17-25-24-15-27(17)13-11-22-19(20-5-2)23-14-18(28)26(3)12-9-16-8-6-7-10-21-16/h6-8,10,15H,4-5,9,11-14H2,1-3H3,(H2,20,22,23). The van der Waals surface area contributed by atoms with Gasteiger partial charge in [0.15, 0.2) is 5.96 Å². The molecule has 0 saturated carbocycles. The Hall–Kier alpha value is -2.97. The number of nitrogens with zero attached hydrogens (tertiary/aromatic N) is 6. The third kappa shape index (κ3) is 6.98. The van der Waals surface area contributed by atoms with E-state index in [1.165, 1.54) is 0 Å². The minimum atomic E-state index is -0.0276. The number of rotatable bonds is 10. The molecule has 28 heavy (non-hydrogen) atoms. The zero-order valence-electron chi connectivity index (χ0n) is 16.9. The Labute approximate surface area is 166 Å². The highest BCUT2D eigenvalue weighted by Crippen LogP contribution is 1.97. The predicted octanol–water partition coefficient (Wildman–Crippen LogP) is 0.492. The van der Waals surface area contributed by atoms with E-state index in [0.717, 1.165) is 37.4 Å². The van der Waals surface area contributed by atoms with Crippen molar-refractivity contribution in [3.05, 3.63) is 42.2 Å². The number of nitrogens with one attached hydrogen (secondary N) is 2. The van der Waals surface area contributed by atoms with E-state index >= 15 is 0 Å². The molecule has 2 N–H and O–H groups in total. The molecule has 9 heteroatoms. The van der Waals surface area contributed by atoms with Crippen LogP contribution in [0.2, 0.25) is 0 Å². The number of aliphatic imine (C=N–C) groups is 1. The summed E-state index contributed by atoms with van der Waals surface area (Å²) in [5.74, 6) is 1.55. The molecule has 2 heterocycles. The predicted molar refractivity (Wildman–Crippen MR) is 109 cm³/mol. The Morgan fingerprint density at radius 1 is 1.29 bits per heavy atom. The van der Waals surface area contributed by atoms with Crippen molar-refractivity contribution < 1.29 is 4.79 Å². The monoisotopic (exact) mass is 386 g/mol. The van der Waals surface area contributed by atoms with Crippen LogP contribution in [0, 0.1) is 0 Å². The van der Waals surface area contributed by atoms with Crippen LogP contribution in [-0.2, 0) is 24.2 Å². The summed E-state index contributed by atoms with van der Waals surface area (Å²) in [6.45, 7) is 6.88. The summed E-state index contributed by atoms with van der Waals surface area (Å²) < 4.78 is 2.01. The fraction of sp³-hybridized carbons (Fsp3) is 0.526. The van der Waals surface area contributed by atoms with E-state index < -0.39 is 0 Å². The summed E-state index contributed by atoms with van der Waals surface area (Å²) >= 11 is 0. The molecule has 0 aliphatic rings. The number of guanidine groups is 1. The lowest BCUT2D eigenvalue weighted by Gasteiger charge is -2.17. The average Bonchev–Trinajstić information content (AvgIpc) is 3.18. The molecule has 2 aromatic heterocycles. The van der Waals surface area contributed by atoms with Gasteiger partial charge in [-0.2, -0.15) is 0 Å². The van der Waals surface area contributed by atoms with Gasteiger partial charge in [0.2, 0.25) is 5.91 Å². The minimum Gasteiger partial charge on any atom is -0.357 e. The molecule has 9 nitrogen and oxygen atoms in total. The van der Waals surface area contributed by atoms with Crippen molar-refractivity contribution in [3.8, 4) is 0 Å². The van der Waals surface area contributed by atoms with Gasteiger partial charge in [-0.15, -0.1) is 10.2 Å². The smallest absolute Gasteiger partial charge is 0.244 e. The maximum absolute atomic E-state index is 12.3. The van der Waals surface area contributed by atoms with Gasteiger partial charge in [-0.05, 0) is 19.1 Å². The molecule has 0 aliphatic heterocycles. The lowest BCUT2D eigenvalue weighted by atomic mass is 10.2. The summed E-state index contributed by atoms with van der Waals surface area (Å²) in [5, 5.41) is 14.4. The zero-order valence-corrected chi connectivity index (χ0v) is 16.9. The highest BCUT2D eigenvalue weighted by molar-refractivity contribution is 5.84. The molecule has 0 saturated heterocycles. The van der Waals surface area contributed by atoms with Crippen molar-refractivity contribution in [2.75, 3.05) is 33.2 Å². The largest absolute Gasteiger partial charge is 0.357 e. The van der Waals surface area contributed by atoms with Crippen molar-refractivity contribution in [2.45, 2.75) is 33.2 Å². The molecule has 0 fully saturated rings. The van der Waals surface area contributed by atoms with Crippen molar-refractivity contribution in [1.82, 2.24) is 35.3 Å². The van der Waals surface area contributed by atoms with Crippen molar-refractivity contribution in [3.63, 3.8) is 0 Å². The van der Waals surface area contributed by atoms with Gasteiger partial charge in [-0.25, -0.2) is 4.99 Å². The number of aryl methyl sites for hydroxylation is 1. The number of likely N-dealkylation sites (N-methyl/N-ethyl adjacent to an activating group) is 1. The van der Waals surface area contributed by atoms with E-state index in [4.69, 9.17) is 0 Å². The van der Waals surface area contributed by atoms with Crippen LogP contribution < -0.4 is 10.6 Å². The number of pyridine rings is 1. The SMILES string of the molecule is CCNC(=NCC(=O)N(C)CCc1ccccn1)NCCn1cnnc1CC. The van der Waals surface area contributed by atoms with Crippen LogP contribution in [0.4, 0.5) is 0 Å². The lowest BCUT2D eigenvalue weighted by molar-refractivity contribution is -0.128. The molecular weight excluding hydrogens is 356 g/mol. The van der Waals surface area contributed by atoms with Crippen molar-refractivity contribution in [2.24, 2.45) is 4.99 Å². The Bertz CT molecular complexity index is 743. The highest BCUT2D eigenvalue weighted by Gasteiger charge is 2.09. The van der Waals surface area contributed by atoms with Crippen LogP contribution in [0.3, 0.4) is 0 Å². The molecule has 0 radical (unpaired) electrons. The van der Waals surface area contributed by atoms with Crippen LogP contribution in [0.1, 0.15) is 25.4 Å². The zero-order chi connectivity index (χ0) is 20.2. The molecule has 0 unspecified atom stereocenters. The van der Waals surface area contributed by atoms with E-state index in [1.54, 1.807) is 24.5 Å². The molecule has 0 aliphatic carbocycles. The normalized spacial score (nSPS) is 11.3. The van der Waals surface area contributed by atoms with Gasteiger partial charge in [0.1, 0.15) is 18.7 Å². The number of hydrogen-bond acceptors (Lipinski definition) is 5. The first-order chi connectivity index (χ1) is 13.6. The molecule has 2 rings (SSSR count). The first-order valence-electron chi connectivity index (χ1n) is 9.66. The maximum Gasteiger partial charge on any atom is 0.244 e. The fourth-order valence-electron chi connectivity index (χ4n) is 2.60. The van der Waals surface area contributed by atoms with Crippen LogP contribution in [0.25, 0.3) is 0 Å². The fourth-order valence-corrected chi connectivity index (χ4v) is 2.60. The van der Waals surface area contributed by atoms with Crippen molar-refractivity contribution >= 4 is 11.9 Å². The Morgan fingerprint density at radius 2 is 2.14 bits per heavy atom. The number of carbonyl (C=O) groups excluding carboxylic acids is 1. The summed E-state index contributed by atoms with van der Waals surface area (Å²) in [6.07, 6.45) is 5.06. The summed E-state index contributed by atoms with van der Waals surface area (Å²) in [7, 11) is 1.79. The number of carbonyl (C=O) groups is 1. The average molecular weight is 387 g/mol. The number of amides is 1. The molecule has 0 spiro atoms. The molecule has 2 aromatic rings. The third-order valence-electron chi connectivity index (χ3n) is 4.23. The Kier molecular flexibility index (Phi) is 8.90. The van der Waals surface area contributed by atoms with Gasteiger partial charge in [-0.3, -0.25) is 9.78 Å². The summed E-state index contributed by atoms with van der Waals surface area (Å²) in [6, 6.07) is 5.80. The van der Waals surface area contributed by atoms with Crippen LogP contribution in [-0.4, -0.2) is 69.7 Å². The maximum atomic E-state index is 12.3. The Morgan fingerprint density at radius 3 is 2.86 bits per heavy atom. The van der Waals surface area contributed by atoms with Gasteiger partial charge >= 0.3 is 0 Å². The van der Waals surface area contributed by atoms with Gasteiger partial charge in [-0.1, -0.05) is 13.0 Å². The van der Waals surface area contributed by atoms with Crippen molar-refractivity contribution in [1.29, 1.82) is 0 Å². The van der Waals surface area contributed by atoms with Crippen LogP contribution in [0.15, 0.2) is 35.7 Å². The van der Waals surface area contributed by atoms with E-state index in [2.05, 4.69) is 37.7 Å². The molecule has 0 bridgehead atoms. The molecule has 0 aromatic carbocycles. The molecule has 152 valence electrons. The van der Waals surface area contributed by atoms with Crippen LogP contribution >= 0.6 is 0 Å². The number of hydrogen-bond donors (Lipinski definition) is 2. The highest BCUT2D eigenvalue weighted by atomic mass is 16.2. The van der Waals surface area contributed by atoms with E-state index in [-0.39, 0.29) is 12.5 Å². The minimum absolute atomic E-state index is 0.0276. The van der Waals surface area contributed by atoms with Gasteiger partial charge in [0, 0.05) is 58.0 Å². The first-order valence-corrected chi connectivity index (χ1v) is 9.66.